The third kappa shape index (κ3) is 6.18. The van der Waals surface area contributed by atoms with Crippen LogP contribution in [0.4, 0.5) is 4.79 Å². The molecule has 0 aromatic carbocycles. The Kier molecular flexibility index (Phi) is 5.99. The van der Waals surface area contributed by atoms with Gasteiger partial charge < -0.3 is 14.8 Å². The zero-order chi connectivity index (χ0) is 16.9. The van der Waals surface area contributed by atoms with E-state index in [1.165, 1.54) is 0 Å². The second-order valence-corrected chi connectivity index (χ2v) is 7.23. The average Bonchev–Trinajstić information content (AvgIpc) is 2.46. The van der Waals surface area contributed by atoms with Gasteiger partial charge in [-0.25, -0.2) is 4.79 Å². The van der Waals surface area contributed by atoms with Crippen LogP contribution in [0.1, 0.15) is 57.7 Å². The second kappa shape index (κ2) is 7.77. The molecule has 1 amide bonds. The van der Waals surface area contributed by atoms with Crippen LogP contribution in [0.3, 0.4) is 0 Å². The first kappa shape index (κ1) is 17.7. The van der Waals surface area contributed by atoms with E-state index in [2.05, 4.69) is 22.4 Å². The number of pyridine rings is 1. The Balaban J connectivity index is 1.84. The number of alkyl carbamates (subject to hydrolysis) is 1. The normalized spacial score (nSPS) is 17.6. The molecule has 1 aliphatic heterocycles. The standard InChI is InChI=1S/C18H28N2O3/c1-13(20-17(21)23-18(2,3)4)11-14-5-6-16(19-12-14)15-7-9-22-10-8-15/h5-6,12-13,15H,7-11H2,1-4H3,(H,20,21). The Labute approximate surface area is 138 Å². The van der Waals surface area contributed by atoms with Crippen molar-refractivity contribution in [2.75, 3.05) is 13.2 Å². The monoisotopic (exact) mass is 320 g/mol. The number of hydrogen-bond acceptors (Lipinski definition) is 4. The van der Waals surface area contributed by atoms with E-state index in [4.69, 9.17) is 9.47 Å². The molecule has 2 heterocycles. The maximum atomic E-state index is 11.8. The summed E-state index contributed by atoms with van der Waals surface area (Å²) < 4.78 is 10.7. The van der Waals surface area contributed by atoms with E-state index in [1.54, 1.807) is 0 Å². The zero-order valence-corrected chi connectivity index (χ0v) is 14.6. The lowest BCUT2D eigenvalue weighted by molar-refractivity contribution is 0.0508. The molecule has 2 rings (SSSR count). The highest BCUT2D eigenvalue weighted by atomic mass is 16.6. The van der Waals surface area contributed by atoms with Crippen molar-refractivity contribution < 1.29 is 14.3 Å². The van der Waals surface area contributed by atoms with E-state index in [0.29, 0.717) is 5.92 Å². The molecule has 1 fully saturated rings. The van der Waals surface area contributed by atoms with Gasteiger partial charge in [0, 0.05) is 37.1 Å². The smallest absolute Gasteiger partial charge is 0.407 e. The van der Waals surface area contributed by atoms with Crippen LogP contribution in [0.5, 0.6) is 0 Å². The molecule has 0 spiro atoms. The van der Waals surface area contributed by atoms with Gasteiger partial charge in [0.1, 0.15) is 5.60 Å². The molecule has 1 aromatic heterocycles. The molecule has 0 saturated carbocycles. The largest absolute Gasteiger partial charge is 0.444 e. The number of carbonyl (C=O) groups is 1. The van der Waals surface area contributed by atoms with Crippen molar-refractivity contribution in [3.05, 3.63) is 29.6 Å². The highest BCUT2D eigenvalue weighted by Gasteiger charge is 2.19. The summed E-state index contributed by atoms with van der Waals surface area (Å²) in [7, 11) is 0. The molecule has 1 aliphatic rings. The number of rotatable bonds is 4. The fourth-order valence-electron chi connectivity index (χ4n) is 2.70. The summed E-state index contributed by atoms with van der Waals surface area (Å²) in [5.74, 6) is 0.509. The van der Waals surface area contributed by atoms with Crippen molar-refractivity contribution >= 4 is 6.09 Å². The molecule has 0 radical (unpaired) electrons. The maximum absolute atomic E-state index is 11.8. The summed E-state index contributed by atoms with van der Waals surface area (Å²) >= 11 is 0. The van der Waals surface area contributed by atoms with Crippen molar-refractivity contribution in [1.29, 1.82) is 0 Å². The first-order valence-electron chi connectivity index (χ1n) is 8.35. The van der Waals surface area contributed by atoms with Crippen LogP contribution in [0.25, 0.3) is 0 Å². The summed E-state index contributed by atoms with van der Waals surface area (Å²) in [5.41, 5.74) is 1.78. The van der Waals surface area contributed by atoms with Gasteiger partial charge in [0.25, 0.3) is 0 Å². The highest BCUT2D eigenvalue weighted by molar-refractivity contribution is 5.68. The lowest BCUT2D eigenvalue weighted by Crippen LogP contribution is -2.38. The van der Waals surface area contributed by atoms with Crippen molar-refractivity contribution in [2.45, 2.75) is 64.5 Å². The van der Waals surface area contributed by atoms with Gasteiger partial charge in [0.05, 0.1) is 0 Å². The van der Waals surface area contributed by atoms with Crippen LogP contribution in [0, 0.1) is 0 Å². The maximum Gasteiger partial charge on any atom is 0.407 e. The Morgan fingerprint density at radius 3 is 2.65 bits per heavy atom. The van der Waals surface area contributed by atoms with Gasteiger partial charge in [0.15, 0.2) is 0 Å². The fourth-order valence-corrected chi connectivity index (χ4v) is 2.70. The number of nitrogens with zero attached hydrogens (tertiary/aromatic N) is 1. The predicted molar refractivity (Wildman–Crippen MR) is 89.6 cm³/mol. The van der Waals surface area contributed by atoms with E-state index in [-0.39, 0.29) is 12.1 Å². The predicted octanol–water partition coefficient (Wildman–Crippen LogP) is 3.43. The minimum Gasteiger partial charge on any atom is -0.444 e. The van der Waals surface area contributed by atoms with Crippen molar-refractivity contribution in [2.24, 2.45) is 0 Å². The SMILES string of the molecule is CC(Cc1ccc(C2CCOCC2)nc1)NC(=O)OC(C)(C)C. The van der Waals surface area contributed by atoms with Gasteiger partial charge in [-0.2, -0.15) is 0 Å². The Morgan fingerprint density at radius 2 is 2.09 bits per heavy atom. The summed E-state index contributed by atoms with van der Waals surface area (Å²) in [6, 6.07) is 4.21. The molecule has 128 valence electrons. The number of amides is 1. The molecule has 5 heteroatoms. The van der Waals surface area contributed by atoms with Crippen molar-refractivity contribution in [3.8, 4) is 0 Å². The quantitative estimate of drug-likeness (QED) is 0.923. The summed E-state index contributed by atoms with van der Waals surface area (Å²) in [4.78, 5) is 16.4. The minimum absolute atomic E-state index is 0.000538. The Bertz CT molecular complexity index is 502. The van der Waals surface area contributed by atoms with Gasteiger partial charge in [-0.1, -0.05) is 6.07 Å². The van der Waals surface area contributed by atoms with Crippen molar-refractivity contribution in [3.63, 3.8) is 0 Å². The highest BCUT2D eigenvalue weighted by Crippen LogP contribution is 2.25. The van der Waals surface area contributed by atoms with Crippen LogP contribution in [0.15, 0.2) is 18.3 Å². The molecular weight excluding hydrogens is 292 g/mol. The van der Waals surface area contributed by atoms with E-state index in [0.717, 1.165) is 43.7 Å². The van der Waals surface area contributed by atoms with E-state index in [1.807, 2.05) is 33.9 Å². The topological polar surface area (TPSA) is 60.5 Å². The van der Waals surface area contributed by atoms with Crippen molar-refractivity contribution in [1.82, 2.24) is 10.3 Å². The third-order valence-corrected chi connectivity index (χ3v) is 3.79. The van der Waals surface area contributed by atoms with Crippen LogP contribution >= 0.6 is 0 Å². The fraction of sp³-hybridized carbons (Fsp3) is 0.667. The van der Waals surface area contributed by atoms with Gasteiger partial charge in [-0.3, -0.25) is 4.98 Å². The zero-order valence-electron chi connectivity index (χ0n) is 14.6. The van der Waals surface area contributed by atoms with E-state index in [9.17, 15) is 4.79 Å². The van der Waals surface area contributed by atoms with Gasteiger partial charge in [-0.05, 0) is 58.6 Å². The number of nitrogens with one attached hydrogen (secondary N) is 1. The molecular formula is C18H28N2O3. The summed E-state index contributed by atoms with van der Waals surface area (Å²) in [6.07, 6.45) is 4.36. The van der Waals surface area contributed by atoms with Crippen LogP contribution in [-0.4, -0.2) is 35.9 Å². The van der Waals surface area contributed by atoms with Gasteiger partial charge in [0.2, 0.25) is 0 Å². The number of hydrogen-bond donors (Lipinski definition) is 1. The Hall–Kier alpha value is -1.62. The second-order valence-electron chi connectivity index (χ2n) is 7.23. The van der Waals surface area contributed by atoms with Crippen LogP contribution < -0.4 is 5.32 Å². The molecule has 1 unspecified atom stereocenters. The van der Waals surface area contributed by atoms with E-state index < -0.39 is 5.60 Å². The Morgan fingerprint density at radius 1 is 1.39 bits per heavy atom. The molecule has 1 N–H and O–H groups in total. The molecule has 1 atom stereocenters. The first-order valence-corrected chi connectivity index (χ1v) is 8.35. The number of aromatic nitrogens is 1. The molecule has 5 nitrogen and oxygen atoms in total. The number of carbonyl (C=O) groups excluding carboxylic acids is 1. The third-order valence-electron chi connectivity index (χ3n) is 3.79. The lowest BCUT2D eigenvalue weighted by Gasteiger charge is -2.22. The molecule has 0 aliphatic carbocycles. The molecule has 1 saturated heterocycles. The van der Waals surface area contributed by atoms with E-state index >= 15 is 0 Å². The minimum atomic E-state index is -0.475. The summed E-state index contributed by atoms with van der Waals surface area (Å²) in [6.45, 7) is 9.19. The first-order chi connectivity index (χ1) is 10.8. The molecule has 0 bridgehead atoms. The van der Waals surface area contributed by atoms with Gasteiger partial charge >= 0.3 is 6.09 Å². The van der Waals surface area contributed by atoms with Gasteiger partial charge in [-0.15, -0.1) is 0 Å². The molecule has 1 aromatic rings. The molecule has 23 heavy (non-hydrogen) atoms. The lowest BCUT2D eigenvalue weighted by atomic mass is 9.95. The van der Waals surface area contributed by atoms with Crippen LogP contribution in [0.2, 0.25) is 0 Å². The number of ether oxygens (including phenoxy) is 2. The average molecular weight is 320 g/mol. The summed E-state index contributed by atoms with van der Waals surface area (Å²) in [5, 5.41) is 2.86. The van der Waals surface area contributed by atoms with Crippen LogP contribution in [-0.2, 0) is 15.9 Å².